The molecule has 0 aliphatic heterocycles. The minimum atomic E-state index is -0.683. The molecule has 1 aliphatic rings. The van der Waals surface area contributed by atoms with Crippen LogP contribution < -0.4 is 11.1 Å². The molecular weight excluding hydrogens is 214 g/mol. The Morgan fingerprint density at radius 3 is 2.41 bits per heavy atom. The fraction of sp³-hybridized carbons (Fsp3) is 0.923. The Hall–Kier alpha value is -0.610. The van der Waals surface area contributed by atoms with Crippen molar-refractivity contribution in [3.05, 3.63) is 0 Å². The largest absolute Gasteiger partial charge is 0.351 e. The second-order valence-corrected chi connectivity index (χ2v) is 5.42. The van der Waals surface area contributed by atoms with Crippen molar-refractivity contribution < 1.29 is 4.79 Å². The van der Waals surface area contributed by atoms with Crippen LogP contribution in [0.15, 0.2) is 0 Å². The van der Waals surface area contributed by atoms with E-state index in [2.05, 4.69) is 24.1 Å². The zero-order valence-corrected chi connectivity index (χ0v) is 11.6. The summed E-state index contributed by atoms with van der Waals surface area (Å²) in [5, 5.41) is 3.04. The summed E-state index contributed by atoms with van der Waals surface area (Å²) in [4.78, 5) is 14.4. The van der Waals surface area contributed by atoms with Gasteiger partial charge in [-0.15, -0.1) is 0 Å². The van der Waals surface area contributed by atoms with Gasteiger partial charge in [0.1, 0.15) is 0 Å². The molecule has 4 heteroatoms. The van der Waals surface area contributed by atoms with Crippen molar-refractivity contribution in [1.29, 1.82) is 0 Å². The summed E-state index contributed by atoms with van der Waals surface area (Å²) in [5.74, 6) is 0.378. The van der Waals surface area contributed by atoms with Crippen LogP contribution in [-0.4, -0.2) is 42.0 Å². The second kappa shape index (κ2) is 5.83. The van der Waals surface area contributed by atoms with Gasteiger partial charge in [-0.3, -0.25) is 4.79 Å². The van der Waals surface area contributed by atoms with Gasteiger partial charge in [0.2, 0.25) is 5.91 Å². The number of carbonyl (C=O) groups excluding carboxylic acids is 1. The molecule has 0 radical (unpaired) electrons. The molecule has 100 valence electrons. The predicted octanol–water partition coefficient (Wildman–Crippen LogP) is 0.960. The highest BCUT2D eigenvalue weighted by molar-refractivity contribution is 5.86. The van der Waals surface area contributed by atoms with Gasteiger partial charge in [-0.1, -0.05) is 13.8 Å². The molecule has 1 fully saturated rings. The number of amides is 1. The molecule has 0 spiro atoms. The van der Waals surface area contributed by atoms with Gasteiger partial charge in [0.25, 0.3) is 0 Å². The van der Waals surface area contributed by atoms with Gasteiger partial charge in [-0.05, 0) is 45.7 Å². The van der Waals surface area contributed by atoms with Crippen molar-refractivity contribution in [3.63, 3.8) is 0 Å². The molecule has 0 heterocycles. The first-order chi connectivity index (χ1) is 7.91. The summed E-state index contributed by atoms with van der Waals surface area (Å²) in [6, 6.07) is 0.157. The summed E-state index contributed by atoms with van der Waals surface area (Å²) >= 11 is 0. The predicted molar refractivity (Wildman–Crippen MR) is 70.7 cm³/mol. The molecule has 1 aliphatic carbocycles. The first-order valence-electron chi connectivity index (χ1n) is 6.74. The fourth-order valence-corrected chi connectivity index (χ4v) is 2.16. The van der Waals surface area contributed by atoms with Gasteiger partial charge in [0.15, 0.2) is 0 Å². The molecule has 2 atom stereocenters. The monoisotopic (exact) mass is 241 g/mol. The first kappa shape index (κ1) is 14.5. The van der Waals surface area contributed by atoms with Crippen LogP contribution in [0.4, 0.5) is 0 Å². The molecular formula is C13H27N3O. The topological polar surface area (TPSA) is 58.4 Å². The molecule has 4 nitrogen and oxygen atoms in total. The lowest BCUT2D eigenvalue weighted by Gasteiger charge is -2.28. The van der Waals surface area contributed by atoms with Crippen LogP contribution >= 0.6 is 0 Å². The summed E-state index contributed by atoms with van der Waals surface area (Å²) < 4.78 is 0. The van der Waals surface area contributed by atoms with E-state index in [9.17, 15) is 4.79 Å². The van der Waals surface area contributed by atoms with Crippen LogP contribution in [0.25, 0.3) is 0 Å². The van der Waals surface area contributed by atoms with E-state index in [0.717, 1.165) is 32.5 Å². The highest BCUT2D eigenvalue weighted by Gasteiger charge is 2.44. The van der Waals surface area contributed by atoms with Crippen molar-refractivity contribution in [1.82, 2.24) is 10.2 Å². The SMILES string of the molecule is CCN(CC)CC(C)NC(=O)C(C)(N)C1CC1. The zero-order chi connectivity index (χ0) is 13.1. The third kappa shape index (κ3) is 3.96. The molecule has 1 rings (SSSR count). The normalized spacial score (nSPS) is 21.1. The van der Waals surface area contributed by atoms with Crippen molar-refractivity contribution in [2.75, 3.05) is 19.6 Å². The highest BCUT2D eigenvalue weighted by Crippen LogP contribution is 2.38. The van der Waals surface area contributed by atoms with Crippen LogP contribution in [0.2, 0.25) is 0 Å². The van der Waals surface area contributed by atoms with Gasteiger partial charge < -0.3 is 16.0 Å². The summed E-state index contributed by atoms with van der Waals surface area (Å²) in [6.07, 6.45) is 2.18. The second-order valence-electron chi connectivity index (χ2n) is 5.42. The lowest BCUT2D eigenvalue weighted by atomic mass is 9.96. The van der Waals surface area contributed by atoms with Crippen molar-refractivity contribution in [2.45, 2.75) is 52.1 Å². The number of nitrogens with two attached hydrogens (primary N) is 1. The lowest BCUT2D eigenvalue weighted by Crippen LogP contribution is -2.56. The molecule has 1 saturated carbocycles. The Labute approximate surface area is 105 Å². The Balaban J connectivity index is 2.39. The molecule has 17 heavy (non-hydrogen) atoms. The first-order valence-corrected chi connectivity index (χ1v) is 6.74. The van der Waals surface area contributed by atoms with E-state index in [1.165, 1.54) is 0 Å². The number of hydrogen-bond donors (Lipinski definition) is 2. The van der Waals surface area contributed by atoms with Gasteiger partial charge in [-0.2, -0.15) is 0 Å². The Kier molecular flexibility index (Phi) is 4.95. The molecule has 2 unspecified atom stereocenters. The Morgan fingerprint density at radius 2 is 2.00 bits per heavy atom. The smallest absolute Gasteiger partial charge is 0.240 e. The minimum Gasteiger partial charge on any atom is -0.351 e. The van der Waals surface area contributed by atoms with Gasteiger partial charge in [-0.25, -0.2) is 0 Å². The average Bonchev–Trinajstić information content (AvgIpc) is 3.09. The van der Waals surface area contributed by atoms with E-state index >= 15 is 0 Å². The van der Waals surface area contributed by atoms with Crippen molar-refractivity contribution >= 4 is 5.91 Å². The molecule has 0 aromatic carbocycles. The number of nitrogens with one attached hydrogen (secondary N) is 1. The molecule has 0 bridgehead atoms. The maximum atomic E-state index is 12.1. The summed E-state index contributed by atoms with van der Waals surface area (Å²) in [5.41, 5.74) is 5.40. The van der Waals surface area contributed by atoms with Crippen LogP contribution in [0.5, 0.6) is 0 Å². The van der Waals surface area contributed by atoms with Gasteiger partial charge >= 0.3 is 0 Å². The van der Waals surface area contributed by atoms with E-state index in [1.54, 1.807) is 0 Å². The van der Waals surface area contributed by atoms with Crippen LogP contribution in [0, 0.1) is 5.92 Å². The maximum absolute atomic E-state index is 12.1. The number of rotatable bonds is 7. The Bertz CT molecular complexity index is 257. The number of nitrogens with zero attached hydrogens (tertiary/aromatic N) is 1. The van der Waals surface area contributed by atoms with E-state index in [1.807, 2.05) is 13.8 Å². The summed E-state index contributed by atoms with van der Waals surface area (Å²) in [6.45, 7) is 11.1. The maximum Gasteiger partial charge on any atom is 0.240 e. The minimum absolute atomic E-state index is 0.000318. The van der Waals surface area contributed by atoms with Crippen LogP contribution in [0.3, 0.4) is 0 Å². The van der Waals surface area contributed by atoms with E-state index in [-0.39, 0.29) is 11.9 Å². The number of likely N-dealkylation sites (N-methyl/N-ethyl adjacent to an activating group) is 1. The molecule has 3 N–H and O–H groups in total. The Morgan fingerprint density at radius 1 is 1.47 bits per heavy atom. The third-order valence-corrected chi connectivity index (χ3v) is 3.72. The summed E-state index contributed by atoms with van der Waals surface area (Å²) in [7, 11) is 0. The van der Waals surface area contributed by atoms with Gasteiger partial charge in [0, 0.05) is 12.6 Å². The third-order valence-electron chi connectivity index (χ3n) is 3.72. The van der Waals surface area contributed by atoms with E-state index < -0.39 is 5.54 Å². The molecule has 1 amide bonds. The average molecular weight is 241 g/mol. The van der Waals surface area contributed by atoms with Gasteiger partial charge in [0.05, 0.1) is 5.54 Å². The van der Waals surface area contributed by atoms with Crippen LogP contribution in [0.1, 0.15) is 40.5 Å². The standard InChI is InChI=1S/C13H27N3O/c1-5-16(6-2)9-10(3)15-12(17)13(4,14)11-7-8-11/h10-11H,5-9,14H2,1-4H3,(H,15,17). The molecule has 0 saturated heterocycles. The lowest BCUT2D eigenvalue weighted by molar-refractivity contribution is -0.127. The van der Waals surface area contributed by atoms with Crippen molar-refractivity contribution in [3.8, 4) is 0 Å². The highest BCUT2D eigenvalue weighted by atomic mass is 16.2. The molecule has 0 aromatic heterocycles. The molecule has 0 aromatic rings. The number of hydrogen-bond acceptors (Lipinski definition) is 3. The quantitative estimate of drug-likeness (QED) is 0.698. The van der Waals surface area contributed by atoms with E-state index in [0.29, 0.717) is 5.92 Å². The van der Waals surface area contributed by atoms with Crippen molar-refractivity contribution in [2.24, 2.45) is 11.7 Å². The zero-order valence-electron chi connectivity index (χ0n) is 11.6. The number of carbonyl (C=O) groups is 1. The van der Waals surface area contributed by atoms with E-state index in [4.69, 9.17) is 5.73 Å². The fourth-order valence-electron chi connectivity index (χ4n) is 2.16. The van der Waals surface area contributed by atoms with Crippen LogP contribution in [-0.2, 0) is 4.79 Å².